The van der Waals surface area contributed by atoms with E-state index in [4.69, 9.17) is 10.7 Å². The Hall–Kier alpha value is -0.280. The first-order chi connectivity index (χ1) is 5.10. The summed E-state index contributed by atoms with van der Waals surface area (Å²) in [6.07, 6.45) is 0.858. The zero-order valence-electron chi connectivity index (χ0n) is 6.50. The highest BCUT2D eigenvalue weighted by Crippen LogP contribution is 2.61. The van der Waals surface area contributed by atoms with Crippen LogP contribution in [0.1, 0.15) is 13.8 Å². The van der Waals surface area contributed by atoms with Gasteiger partial charge in [-0.2, -0.15) is 0 Å². The van der Waals surface area contributed by atoms with Crippen molar-refractivity contribution in [1.29, 1.82) is 0 Å². The van der Waals surface area contributed by atoms with E-state index >= 15 is 0 Å². The lowest BCUT2D eigenvalue weighted by Crippen LogP contribution is -1.98. The molecule has 0 bridgehead atoms. The molecule has 1 aliphatic rings. The molecule has 0 aliphatic carbocycles. The van der Waals surface area contributed by atoms with Crippen LogP contribution in [0.2, 0.25) is 0 Å². The summed E-state index contributed by atoms with van der Waals surface area (Å²) in [7, 11) is 4.67. The number of rotatable bonds is 2. The molecule has 1 unspecified atom stereocenters. The van der Waals surface area contributed by atoms with Crippen molar-refractivity contribution >= 4 is 31.8 Å². The lowest BCUT2D eigenvalue weighted by molar-refractivity contribution is -0.105. The van der Waals surface area contributed by atoms with Gasteiger partial charge in [0.15, 0.2) is 0 Å². The summed E-state index contributed by atoms with van der Waals surface area (Å²) in [5.74, 6) is 0.390. The summed E-state index contributed by atoms with van der Waals surface area (Å²) in [6.45, 7) is 3.85. The van der Waals surface area contributed by atoms with Crippen molar-refractivity contribution in [3.8, 4) is 0 Å². The Morgan fingerprint density at radius 3 is 2.73 bits per heavy atom. The monoisotopic (exact) mass is 191 g/mol. The molecule has 0 aromatic heterocycles. The summed E-state index contributed by atoms with van der Waals surface area (Å²) in [4.78, 5) is 15.4. The Kier molecular flexibility index (Phi) is 2.40. The van der Waals surface area contributed by atoms with Crippen LogP contribution in [0.25, 0.3) is 0 Å². The van der Waals surface area contributed by atoms with E-state index in [1.165, 1.54) is 0 Å². The van der Waals surface area contributed by atoms with Crippen molar-refractivity contribution in [1.82, 2.24) is 0 Å². The minimum atomic E-state index is -1.49. The van der Waals surface area contributed by atoms with Gasteiger partial charge in [-0.15, -0.1) is 0 Å². The zero-order chi connectivity index (χ0) is 8.48. The zero-order valence-corrected chi connectivity index (χ0v) is 8.08. The predicted molar refractivity (Wildman–Crippen MR) is 51.2 cm³/mol. The van der Waals surface area contributed by atoms with Crippen LogP contribution in [0.3, 0.4) is 0 Å². The fraction of sp³-hybridized carbons (Fsp3) is 0.429. The lowest BCUT2D eigenvalue weighted by Gasteiger charge is -2.22. The number of allylic oxidation sites excluding steroid dienone is 2. The molecule has 0 saturated carbocycles. The Balaban J connectivity index is 2.91. The molecule has 0 fully saturated rings. The predicted octanol–water partition coefficient (Wildman–Crippen LogP) is 2.44. The van der Waals surface area contributed by atoms with Gasteiger partial charge < -0.3 is 4.79 Å². The Morgan fingerprint density at radius 1 is 1.73 bits per heavy atom. The van der Waals surface area contributed by atoms with Crippen molar-refractivity contribution in [2.75, 3.05) is 5.75 Å². The average molecular weight is 192 g/mol. The summed E-state index contributed by atoms with van der Waals surface area (Å²) in [5, 5.41) is 0. The van der Waals surface area contributed by atoms with E-state index in [2.05, 4.69) is 4.99 Å². The molecule has 2 nitrogen and oxygen atoms in total. The number of aldehydes is 1. The van der Waals surface area contributed by atoms with E-state index in [0.29, 0.717) is 5.75 Å². The first-order valence-electron chi connectivity index (χ1n) is 3.26. The van der Waals surface area contributed by atoms with E-state index in [9.17, 15) is 4.79 Å². The van der Waals surface area contributed by atoms with Gasteiger partial charge in [-0.1, -0.05) is 19.9 Å². The van der Waals surface area contributed by atoms with Gasteiger partial charge >= 0.3 is 0 Å². The Labute approximate surface area is 72.2 Å². The largest absolute Gasteiger partial charge is 0.302 e. The highest BCUT2D eigenvalue weighted by molar-refractivity contribution is 8.62. The third-order valence-corrected chi connectivity index (χ3v) is 5.43. The molecule has 0 N–H and O–H groups in total. The van der Waals surface area contributed by atoms with Gasteiger partial charge in [-0.25, -0.2) is 0 Å². The van der Waals surface area contributed by atoms with E-state index in [1.54, 1.807) is 5.55 Å². The normalized spacial score (nSPS) is 35.5. The van der Waals surface area contributed by atoms with Crippen LogP contribution in [-0.2, 0) is 4.79 Å². The highest BCUT2D eigenvalue weighted by Gasteiger charge is 2.26. The minimum Gasteiger partial charge on any atom is -0.302 e. The van der Waals surface area contributed by atoms with Crippen LogP contribution < -0.4 is 0 Å². The second-order valence-electron chi connectivity index (χ2n) is 2.41. The molecular weight excluding hydrogens is 182 g/mol. The van der Waals surface area contributed by atoms with Crippen LogP contribution in [0.15, 0.2) is 15.6 Å². The summed E-state index contributed by atoms with van der Waals surface area (Å²) in [5.41, 5.74) is 2.67. The lowest BCUT2D eigenvalue weighted by atomic mass is 10.5. The van der Waals surface area contributed by atoms with Crippen LogP contribution in [0, 0.1) is 0 Å². The van der Waals surface area contributed by atoms with Gasteiger partial charge in [0, 0.05) is 10.6 Å². The molecule has 4 heteroatoms. The van der Waals surface area contributed by atoms with Crippen molar-refractivity contribution in [3.63, 3.8) is 0 Å². The Bertz CT molecular complexity index is 249. The van der Waals surface area contributed by atoms with Crippen molar-refractivity contribution in [2.45, 2.75) is 13.8 Å². The topological polar surface area (TPSA) is 29.4 Å². The molecule has 1 heterocycles. The maximum Gasteiger partial charge on any atom is 0.130 e. The molecule has 0 radical (unpaired) electrons. The van der Waals surface area contributed by atoms with E-state index in [0.717, 1.165) is 16.9 Å². The first kappa shape index (κ1) is 8.81. The number of hydrogen-bond donors (Lipinski definition) is 0. The number of carbonyl (C=O) groups excluding carboxylic acids is 1. The number of aliphatic imine (C=N–C) groups is 1. The third kappa shape index (κ3) is 1.49. The third-order valence-electron chi connectivity index (χ3n) is 1.74. The van der Waals surface area contributed by atoms with E-state index < -0.39 is 9.24 Å². The maximum absolute atomic E-state index is 10.3. The molecule has 1 rings (SSSR count). The summed E-state index contributed by atoms with van der Waals surface area (Å²) in [6, 6.07) is 0. The van der Waals surface area contributed by atoms with Crippen LogP contribution in [0.5, 0.6) is 0 Å². The molecule has 0 aromatic carbocycles. The summed E-state index contributed by atoms with van der Waals surface area (Å²) < 4.78 is 0. The van der Waals surface area contributed by atoms with Gasteiger partial charge in [0.25, 0.3) is 0 Å². The number of hydrogen-bond acceptors (Lipinski definition) is 2. The SMILES string of the molecule is CC1=C(C)S(Cl)(CC=O)C=N1. The number of nitrogens with zero attached hydrogens (tertiary/aromatic N) is 1. The van der Waals surface area contributed by atoms with Gasteiger partial charge in [-0.05, 0) is 13.8 Å². The van der Waals surface area contributed by atoms with Crippen LogP contribution in [0.4, 0.5) is 0 Å². The van der Waals surface area contributed by atoms with Crippen LogP contribution >= 0.6 is 19.9 Å². The van der Waals surface area contributed by atoms with E-state index in [1.807, 2.05) is 13.8 Å². The number of carbonyl (C=O) groups is 1. The van der Waals surface area contributed by atoms with Crippen molar-refractivity contribution < 1.29 is 4.79 Å². The molecule has 1 aliphatic heterocycles. The molecule has 0 spiro atoms. The van der Waals surface area contributed by atoms with E-state index in [-0.39, 0.29) is 0 Å². The molecule has 1 atom stereocenters. The second-order valence-corrected chi connectivity index (χ2v) is 6.63. The Morgan fingerprint density at radius 2 is 2.36 bits per heavy atom. The molecule has 0 saturated heterocycles. The van der Waals surface area contributed by atoms with Gasteiger partial charge in [0.1, 0.15) is 6.29 Å². The first-order valence-corrected chi connectivity index (χ1v) is 5.95. The van der Waals surface area contributed by atoms with Crippen LogP contribution in [-0.4, -0.2) is 17.6 Å². The van der Waals surface area contributed by atoms with Crippen molar-refractivity contribution in [2.24, 2.45) is 4.99 Å². The quantitative estimate of drug-likeness (QED) is 0.617. The fourth-order valence-electron chi connectivity index (χ4n) is 0.845. The maximum atomic E-state index is 10.3. The van der Waals surface area contributed by atoms with Gasteiger partial charge in [0.05, 0.1) is 11.3 Å². The fourth-order valence-corrected chi connectivity index (χ4v) is 3.02. The smallest absolute Gasteiger partial charge is 0.130 e. The molecule has 0 aromatic rings. The van der Waals surface area contributed by atoms with Crippen molar-refractivity contribution in [3.05, 3.63) is 10.6 Å². The molecule has 11 heavy (non-hydrogen) atoms. The molecule has 0 amide bonds. The average Bonchev–Trinajstić information content (AvgIpc) is 2.19. The summed E-state index contributed by atoms with van der Waals surface area (Å²) >= 11 is 0. The highest BCUT2D eigenvalue weighted by atomic mass is 35.7. The van der Waals surface area contributed by atoms with Gasteiger partial charge in [0.2, 0.25) is 0 Å². The van der Waals surface area contributed by atoms with Gasteiger partial charge in [-0.3, -0.25) is 4.99 Å². The minimum absolute atomic E-state index is 0.390. The second kappa shape index (κ2) is 2.99. The molecular formula is C7H10ClNOS. The standard InChI is InChI=1S/C7H10ClNOS/c1-6-7(2)11(8,4-3-10)5-9-6/h3,5H,4H2,1-2H3. The number of halogens is 1. The molecule has 62 valence electrons.